The second kappa shape index (κ2) is 7.10. The van der Waals surface area contributed by atoms with Gasteiger partial charge in [0.25, 0.3) is 0 Å². The monoisotopic (exact) mass is 273 g/mol. The Bertz CT molecular complexity index is 513. The number of rotatable bonds is 6. The number of benzene rings is 2. The van der Waals surface area contributed by atoms with Crippen LogP contribution in [0.3, 0.4) is 0 Å². The van der Waals surface area contributed by atoms with E-state index in [4.69, 9.17) is 10.5 Å². The largest absolute Gasteiger partial charge is 0.494 e. The first-order chi connectivity index (χ1) is 9.25. The number of ether oxygens (including phenoxy) is 1. The minimum atomic E-state index is 0.739. The molecule has 0 atom stereocenters. The van der Waals surface area contributed by atoms with Gasteiger partial charge in [-0.25, -0.2) is 0 Å². The SMILES string of the molecule is Cc1ccc(SCCCOc2ccccc2)c(N)c1. The quantitative estimate of drug-likeness (QED) is 0.488. The molecule has 100 valence electrons. The highest BCUT2D eigenvalue weighted by atomic mass is 32.2. The summed E-state index contributed by atoms with van der Waals surface area (Å²) in [5.41, 5.74) is 8.05. The van der Waals surface area contributed by atoms with E-state index in [0.717, 1.165) is 35.1 Å². The van der Waals surface area contributed by atoms with Gasteiger partial charge in [0.05, 0.1) is 6.61 Å². The molecule has 0 saturated heterocycles. The molecule has 2 aromatic rings. The second-order valence-electron chi connectivity index (χ2n) is 4.40. The van der Waals surface area contributed by atoms with Gasteiger partial charge in [0.2, 0.25) is 0 Å². The van der Waals surface area contributed by atoms with Crippen LogP contribution in [0, 0.1) is 6.92 Å². The summed E-state index contributed by atoms with van der Waals surface area (Å²) in [6, 6.07) is 16.1. The number of hydrogen-bond acceptors (Lipinski definition) is 3. The zero-order valence-electron chi connectivity index (χ0n) is 11.1. The molecule has 3 heteroatoms. The van der Waals surface area contributed by atoms with Gasteiger partial charge in [-0.2, -0.15) is 0 Å². The van der Waals surface area contributed by atoms with Crippen molar-refractivity contribution >= 4 is 17.4 Å². The molecule has 19 heavy (non-hydrogen) atoms. The molecule has 0 amide bonds. The highest BCUT2D eigenvalue weighted by Gasteiger charge is 2.00. The molecule has 0 aliphatic heterocycles. The average Bonchev–Trinajstić information content (AvgIpc) is 2.42. The van der Waals surface area contributed by atoms with Gasteiger partial charge in [-0.3, -0.25) is 0 Å². The lowest BCUT2D eigenvalue weighted by molar-refractivity contribution is 0.319. The van der Waals surface area contributed by atoms with Crippen molar-refractivity contribution in [2.75, 3.05) is 18.1 Å². The van der Waals surface area contributed by atoms with E-state index in [0.29, 0.717) is 0 Å². The minimum absolute atomic E-state index is 0.739. The molecule has 2 nitrogen and oxygen atoms in total. The molecular formula is C16H19NOS. The van der Waals surface area contributed by atoms with Gasteiger partial charge in [-0.15, -0.1) is 11.8 Å². The molecule has 0 unspecified atom stereocenters. The molecule has 0 aliphatic carbocycles. The van der Waals surface area contributed by atoms with Crippen LogP contribution in [0.4, 0.5) is 5.69 Å². The minimum Gasteiger partial charge on any atom is -0.494 e. The van der Waals surface area contributed by atoms with Gasteiger partial charge in [0, 0.05) is 16.3 Å². The van der Waals surface area contributed by atoms with E-state index in [9.17, 15) is 0 Å². The normalized spacial score (nSPS) is 10.4. The van der Waals surface area contributed by atoms with E-state index in [1.54, 1.807) is 11.8 Å². The van der Waals surface area contributed by atoms with E-state index in [2.05, 4.69) is 19.1 Å². The lowest BCUT2D eigenvalue weighted by Crippen LogP contribution is -1.98. The summed E-state index contributed by atoms with van der Waals surface area (Å²) in [7, 11) is 0. The molecule has 2 aromatic carbocycles. The van der Waals surface area contributed by atoms with Crippen LogP contribution in [-0.2, 0) is 0 Å². The van der Waals surface area contributed by atoms with Crippen LogP contribution < -0.4 is 10.5 Å². The number of thioether (sulfide) groups is 1. The summed E-state index contributed by atoms with van der Waals surface area (Å²) in [5, 5.41) is 0. The molecule has 0 aromatic heterocycles. The zero-order valence-corrected chi connectivity index (χ0v) is 12.0. The fraction of sp³-hybridized carbons (Fsp3) is 0.250. The fourth-order valence-electron chi connectivity index (χ4n) is 1.75. The molecule has 0 aliphatic rings. The summed E-state index contributed by atoms with van der Waals surface area (Å²) in [5.74, 6) is 1.95. The van der Waals surface area contributed by atoms with Gasteiger partial charge in [0.1, 0.15) is 5.75 Å². The Morgan fingerprint density at radius 3 is 2.63 bits per heavy atom. The fourth-order valence-corrected chi connectivity index (χ4v) is 2.62. The van der Waals surface area contributed by atoms with Crippen molar-refractivity contribution in [3.63, 3.8) is 0 Å². The second-order valence-corrected chi connectivity index (χ2v) is 5.54. The summed E-state index contributed by atoms with van der Waals surface area (Å²) in [6.45, 7) is 2.79. The molecule has 0 bridgehead atoms. The van der Waals surface area contributed by atoms with Crippen LogP contribution in [0.5, 0.6) is 5.75 Å². The lowest BCUT2D eigenvalue weighted by Gasteiger charge is -2.07. The first kappa shape index (κ1) is 13.8. The van der Waals surface area contributed by atoms with Gasteiger partial charge in [0.15, 0.2) is 0 Å². The van der Waals surface area contributed by atoms with E-state index in [1.807, 2.05) is 36.4 Å². The van der Waals surface area contributed by atoms with Crippen LogP contribution in [0.15, 0.2) is 53.4 Å². The van der Waals surface area contributed by atoms with E-state index in [-0.39, 0.29) is 0 Å². The number of anilines is 1. The Morgan fingerprint density at radius 1 is 1.11 bits per heavy atom. The van der Waals surface area contributed by atoms with Gasteiger partial charge >= 0.3 is 0 Å². The van der Waals surface area contributed by atoms with E-state index in [1.165, 1.54) is 5.56 Å². The van der Waals surface area contributed by atoms with Crippen molar-refractivity contribution in [2.45, 2.75) is 18.2 Å². The van der Waals surface area contributed by atoms with E-state index >= 15 is 0 Å². The summed E-state index contributed by atoms with van der Waals surface area (Å²) in [6.07, 6.45) is 1.01. The topological polar surface area (TPSA) is 35.2 Å². The highest BCUT2D eigenvalue weighted by Crippen LogP contribution is 2.26. The number of para-hydroxylation sites is 1. The maximum atomic E-state index is 5.98. The molecular weight excluding hydrogens is 254 g/mol. The summed E-state index contributed by atoms with van der Waals surface area (Å²) in [4.78, 5) is 1.16. The third-order valence-corrected chi connectivity index (χ3v) is 3.90. The van der Waals surface area contributed by atoms with E-state index < -0.39 is 0 Å². The third kappa shape index (κ3) is 4.52. The predicted octanol–water partition coefficient (Wildman–Crippen LogP) is 4.14. The molecule has 2 rings (SSSR count). The Labute approximate surface area is 119 Å². The van der Waals surface area contributed by atoms with Crippen molar-refractivity contribution in [3.8, 4) is 5.75 Å². The molecule has 0 radical (unpaired) electrons. The standard InChI is InChI=1S/C16H19NOS/c1-13-8-9-16(15(17)12-13)19-11-5-10-18-14-6-3-2-4-7-14/h2-4,6-9,12H,5,10-11,17H2,1H3. The van der Waals surface area contributed by atoms with Crippen molar-refractivity contribution < 1.29 is 4.74 Å². The van der Waals surface area contributed by atoms with Crippen molar-refractivity contribution in [1.29, 1.82) is 0 Å². The lowest BCUT2D eigenvalue weighted by atomic mass is 10.2. The smallest absolute Gasteiger partial charge is 0.119 e. The first-order valence-electron chi connectivity index (χ1n) is 6.42. The Morgan fingerprint density at radius 2 is 1.89 bits per heavy atom. The molecule has 0 saturated carbocycles. The van der Waals surface area contributed by atoms with Gasteiger partial charge < -0.3 is 10.5 Å². The Kier molecular flexibility index (Phi) is 5.16. The predicted molar refractivity (Wildman–Crippen MR) is 82.9 cm³/mol. The Hall–Kier alpha value is -1.61. The van der Waals surface area contributed by atoms with Crippen molar-refractivity contribution in [2.24, 2.45) is 0 Å². The first-order valence-corrected chi connectivity index (χ1v) is 7.41. The van der Waals surface area contributed by atoms with Crippen LogP contribution in [0.1, 0.15) is 12.0 Å². The average molecular weight is 273 g/mol. The van der Waals surface area contributed by atoms with Crippen LogP contribution >= 0.6 is 11.8 Å². The number of hydrogen-bond donors (Lipinski definition) is 1. The van der Waals surface area contributed by atoms with Crippen LogP contribution in [0.25, 0.3) is 0 Å². The van der Waals surface area contributed by atoms with Gasteiger partial charge in [-0.1, -0.05) is 24.3 Å². The number of nitrogens with two attached hydrogens (primary N) is 1. The molecule has 0 spiro atoms. The van der Waals surface area contributed by atoms with Crippen molar-refractivity contribution in [3.05, 3.63) is 54.1 Å². The number of aryl methyl sites for hydroxylation is 1. The zero-order chi connectivity index (χ0) is 13.5. The molecule has 0 heterocycles. The Balaban J connectivity index is 1.69. The van der Waals surface area contributed by atoms with Crippen LogP contribution in [0.2, 0.25) is 0 Å². The number of nitrogen functional groups attached to an aromatic ring is 1. The summed E-state index contributed by atoms with van der Waals surface area (Å²) >= 11 is 1.79. The van der Waals surface area contributed by atoms with Crippen molar-refractivity contribution in [1.82, 2.24) is 0 Å². The summed E-state index contributed by atoms with van der Waals surface area (Å²) < 4.78 is 5.65. The van der Waals surface area contributed by atoms with Crippen LogP contribution in [-0.4, -0.2) is 12.4 Å². The molecule has 2 N–H and O–H groups in total. The maximum absolute atomic E-state index is 5.98. The molecule has 0 fully saturated rings. The highest BCUT2D eigenvalue weighted by molar-refractivity contribution is 7.99. The van der Waals surface area contributed by atoms with Gasteiger partial charge in [-0.05, 0) is 43.2 Å². The third-order valence-electron chi connectivity index (χ3n) is 2.72. The maximum Gasteiger partial charge on any atom is 0.119 e.